The van der Waals surface area contributed by atoms with Crippen molar-refractivity contribution < 1.29 is 9.18 Å². The van der Waals surface area contributed by atoms with E-state index in [-0.39, 0.29) is 0 Å². The molecule has 104 valence electrons. The Morgan fingerprint density at radius 3 is 2.80 bits per heavy atom. The van der Waals surface area contributed by atoms with Crippen LogP contribution in [-0.4, -0.2) is 16.5 Å². The Bertz CT molecular complexity index is 615. The van der Waals surface area contributed by atoms with Crippen molar-refractivity contribution in [1.82, 2.24) is 10.2 Å². The van der Waals surface area contributed by atoms with Crippen LogP contribution < -0.4 is 0 Å². The van der Waals surface area contributed by atoms with E-state index in [1.54, 1.807) is 6.07 Å². The van der Waals surface area contributed by atoms with Crippen molar-refractivity contribution in [2.45, 2.75) is 38.0 Å². The maximum Gasteiger partial charge on any atom is 0.150 e. The minimum atomic E-state index is -0.406. The highest BCUT2D eigenvalue weighted by Gasteiger charge is 2.20. The van der Waals surface area contributed by atoms with Gasteiger partial charge in [0.05, 0.1) is 5.69 Å². The molecule has 3 rings (SSSR count). The molecule has 1 heterocycles. The van der Waals surface area contributed by atoms with Gasteiger partial charge in [0.15, 0.2) is 6.29 Å². The molecule has 0 spiro atoms. The predicted molar refractivity (Wildman–Crippen MR) is 75.2 cm³/mol. The number of H-pyrrole nitrogens is 1. The second kappa shape index (κ2) is 5.57. The molecule has 3 nitrogen and oxygen atoms in total. The molecule has 4 heteroatoms. The number of benzene rings is 1. The first kappa shape index (κ1) is 13.0. The molecule has 1 saturated carbocycles. The number of hydrogen-bond donors (Lipinski definition) is 1. The molecule has 1 aromatic carbocycles. The summed E-state index contributed by atoms with van der Waals surface area (Å²) in [5.41, 5.74) is 2.21. The highest BCUT2D eigenvalue weighted by molar-refractivity contribution is 5.86. The first-order chi connectivity index (χ1) is 9.79. The van der Waals surface area contributed by atoms with Crippen molar-refractivity contribution in [1.29, 1.82) is 0 Å². The molecular formula is C16H17FN2O. The zero-order chi connectivity index (χ0) is 13.9. The standard InChI is InChI=1S/C16H17FN2O/c17-13-8-4-7-12(10-20)16(13)15-9-14(18-19-15)11-5-2-1-3-6-11/h4,7-11H,1-3,5-6H2,(H,18,19). The largest absolute Gasteiger partial charge is 0.298 e. The lowest BCUT2D eigenvalue weighted by atomic mass is 9.87. The van der Waals surface area contributed by atoms with Gasteiger partial charge in [0.1, 0.15) is 5.82 Å². The van der Waals surface area contributed by atoms with Crippen molar-refractivity contribution in [3.8, 4) is 11.3 Å². The fraction of sp³-hybridized carbons (Fsp3) is 0.375. The summed E-state index contributed by atoms with van der Waals surface area (Å²) in [6, 6.07) is 6.40. The van der Waals surface area contributed by atoms with Gasteiger partial charge in [-0.05, 0) is 25.0 Å². The molecule has 2 aromatic rings. The van der Waals surface area contributed by atoms with Gasteiger partial charge in [-0.1, -0.05) is 31.4 Å². The fourth-order valence-electron chi connectivity index (χ4n) is 3.00. The van der Waals surface area contributed by atoms with Crippen molar-refractivity contribution in [2.75, 3.05) is 0 Å². The number of aromatic nitrogens is 2. The number of carbonyl (C=O) groups excluding carboxylic acids is 1. The fourth-order valence-corrected chi connectivity index (χ4v) is 3.00. The van der Waals surface area contributed by atoms with Gasteiger partial charge in [-0.2, -0.15) is 5.10 Å². The van der Waals surface area contributed by atoms with Gasteiger partial charge in [0.25, 0.3) is 0 Å². The molecule has 0 radical (unpaired) electrons. The van der Waals surface area contributed by atoms with E-state index in [0.29, 0.717) is 29.0 Å². The van der Waals surface area contributed by atoms with E-state index in [2.05, 4.69) is 10.2 Å². The van der Waals surface area contributed by atoms with Crippen molar-refractivity contribution in [2.24, 2.45) is 0 Å². The molecule has 0 saturated heterocycles. The number of rotatable bonds is 3. The molecule has 1 N–H and O–H groups in total. The van der Waals surface area contributed by atoms with Crippen molar-refractivity contribution in [3.05, 3.63) is 41.3 Å². The number of nitrogens with zero attached hydrogens (tertiary/aromatic N) is 1. The molecule has 0 amide bonds. The van der Waals surface area contributed by atoms with Crippen LogP contribution >= 0.6 is 0 Å². The lowest BCUT2D eigenvalue weighted by molar-refractivity contribution is 0.112. The minimum absolute atomic E-state index is 0.292. The third-order valence-corrected chi connectivity index (χ3v) is 4.07. The van der Waals surface area contributed by atoms with Crippen molar-refractivity contribution in [3.63, 3.8) is 0 Å². The Balaban J connectivity index is 1.95. The van der Waals surface area contributed by atoms with E-state index >= 15 is 0 Å². The molecule has 0 atom stereocenters. The van der Waals surface area contributed by atoms with Crippen LogP contribution in [0.2, 0.25) is 0 Å². The first-order valence-corrected chi connectivity index (χ1v) is 7.09. The number of hydrogen-bond acceptors (Lipinski definition) is 2. The summed E-state index contributed by atoms with van der Waals surface area (Å²) in [4.78, 5) is 11.1. The Kier molecular flexibility index (Phi) is 3.63. The van der Waals surface area contributed by atoms with Crippen LogP contribution in [-0.2, 0) is 0 Å². The number of halogens is 1. The molecule has 0 bridgehead atoms. The lowest BCUT2D eigenvalue weighted by Crippen LogP contribution is -2.04. The summed E-state index contributed by atoms with van der Waals surface area (Å²) in [7, 11) is 0. The van der Waals surface area contributed by atoms with Crippen molar-refractivity contribution >= 4 is 6.29 Å². The highest BCUT2D eigenvalue weighted by atomic mass is 19.1. The second-order valence-corrected chi connectivity index (χ2v) is 5.37. The number of aldehydes is 1. The van der Waals surface area contributed by atoms with Gasteiger partial charge >= 0.3 is 0 Å². The zero-order valence-corrected chi connectivity index (χ0v) is 11.2. The van der Waals surface area contributed by atoms with E-state index < -0.39 is 5.82 Å². The van der Waals surface area contributed by atoms with E-state index in [0.717, 1.165) is 18.5 Å². The summed E-state index contributed by atoms with van der Waals surface area (Å²) in [6.45, 7) is 0. The van der Waals surface area contributed by atoms with Gasteiger partial charge in [-0.3, -0.25) is 9.89 Å². The lowest BCUT2D eigenvalue weighted by Gasteiger charge is -2.19. The third kappa shape index (κ3) is 2.38. The molecule has 0 aliphatic heterocycles. The molecular weight excluding hydrogens is 255 g/mol. The Morgan fingerprint density at radius 2 is 2.05 bits per heavy atom. The maximum atomic E-state index is 14.0. The van der Waals surface area contributed by atoms with Gasteiger partial charge in [0, 0.05) is 22.7 Å². The van der Waals surface area contributed by atoms with Crippen LogP contribution in [0.25, 0.3) is 11.3 Å². The number of nitrogens with one attached hydrogen (secondary N) is 1. The number of carbonyl (C=O) groups is 1. The van der Waals surface area contributed by atoms with Crippen LogP contribution in [0.3, 0.4) is 0 Å². The van der Waals surface area contributed by atoms with Crippen LogP contribution in [0.4, 0.5) is 4.39 Å². The van der Waals surface area contributed by atoms with Crippen LogP contribution in [0.1, 0.15) is 54.1 Å². The molecule has 1 aliphatic carbocycles. The van der Waals surface area contributed by atoms with E-state index in [1.165, 1.54) is 31.4 Å². The zero-order valence-electron chi connectivity index (χ0n) is 11.2. The Morgan fingerprint density at radius 1 is 1.25 bits per heavy atom. The molecule has 1 aromatic heterocycles. The molecule has 1 aliphatic rings. The maximum absolute atomic E-state index is 14.0. The van der Waals surface area contributed by atoms with Gasteiger partial charge in [-0.25, -0.2) is 4.39 Å². The van der Waals surface area contributed by atoms with Crippen LogP contribution in [0.5, 0.6) is 0 Å². The molecule has 0 unspecified atom stereocenters. The van der Waals surface area contributed by atoms with Gasteiger partial charge < -0.3 is 0 Å². The van der Waals surface area contributed by atoms with E-state index in [4.69, 9.17) is 0 Å². The van der Waals surface area contributed by atoms with Gasteiger partial charge in [0.2, 0.25) is 0 Å². The highest BCUT2D eigenvalue weighted by Crippen LogP contribution is 2.34. The summed E-state index contributed by atoms with van der Waals surface area (Å²) in [6.07, 6.45) is 6.74. The smallest absolute Gasteiger partial charge is 0.150 e. The summed E-state index contributed by atoms with van der Waals surface area (Å²) in [5.74, 6) is 0.0766. The second-order valence-electron chi connectivity index (χ2n) is 5.37. The Labute approximate surface area is 117 Å². The van der Waals surface area contributed by atoms with Crippen LogP contribution in [0.15, 0.2) is 24.3 Å². The number of aromatic amines is 1. The van der Waals surface area contributed by atoms with E-state index in [1.807, 2.05) is 6.07 Å². The molecule has 1 fully saturated rings. The topological polar surface area (TPSA) is 45.8 Å². The van der Waals surface area contributed by atoms with Crippen LogP contribution in [0, 0.1) is 5.82 Å². The monoisotopic (exact) mass is 272 g/mol. The SMILES string of the molecule is O=Cc1cccc(F)c1-c1cc(C2CCCCC2)[nH]n1. The Hall–Kier alpha value is -1.97. The average molecular weight is 272 g/mol. The molecule has 20 heavy (non-hydrogen) atoms. The predicted octanol–water partition coefficient (Wildman–Crippen LogP) is 4.08. The minimum Gasteiger partial charge on any atom is -0.298 e. The quantitative estimate of drug-likeness (QED) is 0.856. The van der Waals surface area contributed by atoms with Gasteiger partial charge in [-0.15, -0.1) is 0 Å². The summed E-state index contributed by atoms with van der Waals surface area (Å²) in [5, 5.41) is 7.23. The van der Waals surface area contributed by atoms with E-state index in [9.17, 15) is 9.18 Å². The average Bonchev–Trinajstić information content (AvgIpc) is 2.97. The summed E-state index contributed by atoms with van der Waals surface area (Å²) >= 11 is 0. The first-order valence-electron chi connectivity index (χ1n) is 7.09. The normalized spacial score (nSPS) is 16.2. The summed E-state index contributed by atoms with van der Waals surface area (Å²) < 4.78 is 14.0. The third-order valence-electron chi connectivity index (χ3n) is 4.07.